The van der Waals surface area contributed by atoms with Gasteiger partial charge in [-0.2, -0.15) is 0 Å². The van der Waals surface area contributed by atoms with Crippen LogP contribution >= 0.6 is 0 Å². The number of guanidine groups is 1. The summed E-state index contributed by atoms with van der Waals surface area (Å²) in [7, 11) is 1.70. The molecule has 0 aromatic heterocycles. The summed E-state index contributed by atoms with van der Waals surface area (Å²) in [5.41, 5.74) is 13.8. The topological polar surface area (TPSA) is 137 Å². The van der Waals surface area contributed by atoms with Crippen LogP contribution in [-0.2, 0) is 16.1 Å². The van der Waals surface area contributed by atoms with Gasteiger partial charge in [0.25, 0.3) is 0 Å². The Morgan fingerprint density at radius 3 is 1.89 bits per heavy atom. The third-order valence-electron chi connectivity index (χ3n) is 6.17. The van der Waals surface area contributed by atoms with E-state index in [0.29, 0.717) is 19.4 Å². The molecule has 0 saturated heterocycles. The second-order valence-corrected chi connectivity index (χ2v) is 8.75. The van der Waals surface area contributed by atoms with Gasteiger partial charge in [-0.25, -0.2) is 0 Å². The van der Waals surface area contributed by atoms with Crippen LogP contribution in [0.1, 0.15) is 35.4 Å². The maximum Gasteiger partial charge on any atom is 0.240 e. The number of carbonyl (C=O) groups excluding carboxylic acids is 2. The van der Waals surface area contributed by atoms with Gasteiger partial charge in [-0.15, -0.1) is 0 Å². The van der Waals surface area contributed by atoms with Gasteiger partial charge in [0.05, 0.1) is 5.92 Å². The largest absolute Gasteiger partial charge is 0.508 e. The summed E-state index contributed by atoms with van der Waals surface area (Å²) >= 11 is 0. The van der Waals surface area contributed by atoms with Gasteiger partial charge in [-0.1, -0.05) is 72.8 Å². The maximum atomic E-state index is 14.3. The number of aromatic hydroxyl groups is 1. The van der Waals surface area contributed by atoms with Gasteiger partial charge >= 0.3 is 0 Å². The molecule has 0 saturated carbocycles. The van der Waals surface area contributed by atoms with Crippen molar-refractivity contribution in [2.45, 2.75) is 31.3 Å². The zero-order chi connectivity index (χ0) is 26.1. The molecule has 36 heavy (non-hydrogen) atoms. The van der Waals surface area contributed by atoms with Crippen LogP contribution in [0.2, 0.25) is 0 Å². The van der Waals surface area contributed by atoms with Crippen LogP contribution in [0.15, 0.2) is 84.9 Å². The molecule has 188 valence electrons. The summed E-state index contributed by atoms with van der Waals surface area (Å²) in [5.74, 6) is -1.44. The minimum atomic E-state index is -0.874. The van der Waals surface area contributed by atoms with Crippen molar-refractivity contribution in [3.8, 4) is 5.75 Å². The number of nitrogens with one attached hydrogen (secondary N) is 1. The second-order valence-electron chi connectivity index (χ2n) is 8.75. The standard InChI is InChI=1S/C28H33N5O3/c1-32(28(30)31)18-8-13-24(26(29)35)33(19-20-14-16-23(34)17-15-20)27(36)25(21-9-4-2-5-10-21)22-11-6-3-7-12-22/h2-7,9-12,14-17,24-25,34H,8,13,18-19H2,1H3,(H2,29,35)(H3,30,31)/t24-/m1/s1. The molecular formula is C28H33N5O3. The molecule has 1 atom stereocenters. The van der Waals surface area contributed by atoms with Crippen molar-refractivity contribution >= 4 is 17.8 Å². The van der Waals surface area contributed by atoms with Crippen molar-refractivity contribution in [2.24, 2.45) is 11.5 Å². The minimum Gasteiger partial charge on any atom is -0.508 e. The molecule has 0 bridgehead atoms. The van der Waals surface area contributed by atoms with Gasteiger partial charge in [0.15, 0.2) is 5.96 Å². The number of nitrogens with two attached hydrogens (primary N) is 2. The summed E-state index contributed by atoms with van der Waals surface area (Å²) in [5, 5.41) is 17.3. The molecule has 0 radical (unpaired) electrons. The predicted molar refractivity (Wildman–Crippen MR) is 140 cm³/mol. The number of primary amides is 1. The Balaban J connectivity index is 2.00. The van der Waals surface area contributed by atoms with E-state index in [2.05, 4.69) is 0 Å². The quantitative estimate of drug-likeness (QED) is 0.243. The van der Waals surface area contributed by atoms with Gasteiger partial charge in [0.2, 0.25) is 11.8 Å². The van der Waals surface area contributed by atoms with E-state index in [1.54, 1.807) is 36.2 Å². The van der Waals surface area contributed by atoms with Crippen molar-refractivity contribution in [2.75, 3.05) is 13.6 Å². The molecule has 3 aromatic rings. The van der Waals surface area contributed by atoms with Crippen LogP contribution in [0.3, 0.4) is 0 Å². The van der Waals surface area contributed by atoms with Crippen LogP contribution in [0, 0.1) is 5.41 Å². The fourth-order valence-corrected chi connectivity index (χ4v) is 4.17. The van der Waals surface area contributed by atoms with Crippen LogP contribution in [-0.4, -0.2) is 52.3 Å². The Labute approximate surface area is 211 Å². The first-order chi connectivity index (χ1) is 17.3. The number of benzene rings is 3. The van der Waals surface area contributed by atoms with Gasteiger partial charge in [-0.3, -0.25) is 15.0 Å². The summed E-state index contributed by atoms with van der Waals surface area (Å²) in [4.78, 5) is 30.1. The predicted octanol–water partition coefficient (Wildman–Crippen LogP) is 3.01. The highest BCUT2D eigenvalue weighted by Crippen LogP contribution is 2.29. The van der Waals surface area contributed by atoms with Crippen molar-refractivity contribution < 1.29 is 14.7 Å². The number of hydrogen-bond donors (Lipinski definition) is 4. The molecule has 8 nitrogen and oxygen atoms in total. The lowest BCUT2D eigenvalue weighted by Crippen LogP contribution is -2.49. The van der Waals surface area contributed by atoms with E-state index in [1.165, 1.54) is 4.90 Å². The fourth-order valence-electron chi connectivity index (χ4n) is 4.17. The van der Waals surface area contributed by atoms with E-state index in [9.17, 15) is 14.7 Å². The Morgan fingerprint density at radius 1 is 0.889 bits per heavy atom. The maximum absolute atomic E-state index is 14.3. The Hall–Kier alpha value is -4.33. The van der Waals surface area contributed by atoms with Crippen molar-refractivity contribution in [3.63, 3.8) is 0 Å². The third-order valence-corrected chi connectivity index (χ3v) is 6.17. The smallest absolute Gasteiger partial charge is 0.240 e. The SMILES string of the molecule is CN(CCC[C@H](C(N)=O)N(Cc1ccc(O)cc1)C(=O)C(c1ccccc1)c1ccccc1)C(=N)N. The van der Waals surface area contributed by atoms with Gasteiger partial charge < -0.3 is 26.4 Å². The van der Waals surface area contributed by atoms with Crippen LogP contribution in [0.4, 0.5) is 0 Å². The normalized spacial score (nSPS) is 11.6. The zero-order valence-electron chi connectivity index (χ0n) is 20.4. The van der Waals surface area contributed by atoms with Crippen molar-refractivity contribution in [1.82, 2.24) is 9.80 Å². The molecule has 0 aliphatic carbocycles. The van der Waals surface area contributed by atoms with Crippen molar-refractivity contribution in [3.05, 3.63) is 102 Å². The molecule has 8 heteroatoms. The molecular weight excluding hydrogens is 454 g/mol. The Bertz CT molecular complexity index is 1110. The zero-order valence-corrected chi connectivity index (χ0v) is 20.4. The number of phenols is 1. The molecule has 0 unspecified atom stereocenters. The summed E-state index contributed by atoms with van der Waals surface area (Å²) < 4.78 is 0. The van der Waals surface area contributed by atoms with Gasteiger partial charge in [0.1, 0.15) is 11.8 Å². The van der Waals surface area contributed by atoms with E-state index < -0.39 is 17.9 Å². The molecule has 2 amide bonds. The molecule has 3 aromatic carbocycles. The van der Waals surface area contributed by atoms with Crippen molar-refractivity contribution in [1.29, 1.82) is 5.41 Å². The number of hydrogen-bond acceptors (Lipinski definition) is 4. The number of rotatable bonds is 11. The van der Waals surface area contributed by atoms with E-state index in [4.69, 9.17) is 16.9 Å². The monoisotopic (exact) mass is 487 g/mol. The number of nitrogens with zero attached hydrogens (tertiary/aromatic N) is 2. The molecule has 0 fully saturated rings. The van der Waals surface area contributed by atoms with Gasteiger partial charge in [0, 0.05) is 20.1 Å². The Morgan fingerprint density at radius 2 is 1.42 bits per heavy atom. The molecule has 0 aliphatic heterocycles. The second kappa shape index (κ2) is 12.4. The van der Waals surface area contributed by atoms with Crippen LogP contribution in [0.5, 0.6) is 5.75 Å². The highest BCUT2D eigenvalue weighted by atomic mass is 16.3. The molecule has 6 N–H and O–H groups in total. The van der Waals surface area contributed by atoms with E-state index in [1.807, 2.05) is 60.7 Å². The first-order valence-electron chi connectivity index (χ1n) is 11.8. The Kier molecular flexibility index (Phi) is 9.05. The first kappa shape index (κ1) is 26.3. The lowest BCUT2D eigenvalue weighted by molar-refractivity contribution is -0.141. The van der Waals surface area contributed by atoms with Crippen LogP contribution < -0.4 is 11.5 Å². The lowest BCUT2D eigenvalue weighted by Gasteiger charge is -2.34. The van der Waals surface area contributed by atoms with Crippen LogP contribution in [0.25, 0.3) is 0 Å². The van der Waals surface area contributed by atoms with E-state index >= 15 is 0 Å². The average molecular weight is 488 g/mol. The van der Waals surface area contributed by atoms with E-state index in [-0.39, 0.29) is 24.2 Å². The minimum absolute atomic E-state index is 0.0733. The molecule has 0 aliphatic rings. The first-order valence-corrected chi connectivity index (χ1v) is 11.8. The third kappa shape index (κ3) is 6.85. The van der Waals surface area contributed by atoms with E-state index in [0.717, 1.165) is 16.7 Å². The summed E-state index contributed by atoms with van der Waals surface area (Å²) in [6.45, 7) is 0.590. The molecule has 0 spiro atoms. The highest BCUT2D eigenvalue weighted by molar-refractivity contribution is 5.92. The molecule has 0 heterocycles. The summed E-state index contributed by atoms with van der Waals surface area (Å²) in [6.07, 6.45) is 0.817. The summed E-state index contributed by atoms with van der Waals surface area (Å²) in [6, 6.07) is 24.6. The molecule has 3 rings (SSSR count). The number of carbonyl (C=O) groups is 2. The number of phenolic OH excluding ortho intramolecular Hbond substituents is 1. The average Bonchev–Trinajstić information content (AvgIpc) is 2.87. The van der Waals surface area contributed by atoms with Gasteiger partial charge in [-0.05, 0) is 41.7 Å². The highest BCUT2D eigenvalue weighted by Gasteiger charge is 2.34. The lowest BCUT2D eigenvalue weighted by atomic mass is 9.89. The number of amides is 2. The fraction of sp³-hybridized carbons (Fsp3) is 0.250.